The molecule has 0 amide bonds. The Kier molecular flexibility index (Phi) is 4.50. The summed E-state index contributed by atoms with van der Waals surface area (Å²) in [5, 5.41) is 4.01. The van der Waals surface area contributed by atoms with Gasteiger partial charge in [0.05, 0.1) is 0 Å². The molecule has 2 atom stereocenters. The lowest BCUT2D eigenvalue weighted by Gasteiger charge is -2.32. The number of fused-ring (bicyclic) bond motifs is 1. The molecule has 0 aromatic heterocycles. The summed E-state index contributed by atoms with van der Waals surface area (Å²) in [6.07, 6.45) is 1.10. The maximum absolute atomic E-state index is 13.5. The van der Waals surface area contributed by atoms with E-state index in [2.05, 4.69) is 35.1 Å². The average molecular weight is 318 g/mol. The first-order chi connectivity index (χ1) is 8.13. The zero-order valence-electron chi connectivity index (χ0n) is 10.1. The first-order valence-corrected chi connectivity index (χ1v) is 7.80. The predicted octanol–water partition coefficient (Wildman–Crippen LogP) is 4.26. The number of hydrogen-bond donors (Lipinski definition) is 1. The normalized spacial score (nSPS) is 23.5. The minimum Gasteiger partial charge on any atom is -0.309 e. The molecule has 1 aliphatic rings. The third kappa shape index (κ3) is 2.85. The molecule has 1 aromatic rings. The van der Waals surface area contributed by atoms with Gasteiger partial charge in [0.2, 0.25) is 0 Å². The third-order valence-electron chi connectivity index (χ3n) is 3.10. The fourth-order valence-corrected chi connectivity index (χ4v) is 4.15. The van der Waals surface area contributed by atoms with Crippen LogP contribution in [0.2, 0.25) is 0 Å². The fourth-order valence-electron chi connectivity index (χ4n) is 2.19. The second-order valence-electron chi connectivity index (χ2n) is 4.40. The van der Waals surface area contributed by atoms with Gasteiger partial charge in [-0.25, -0.2) is 4.39 Å². The van der Waals surface area contributed by atoms with Crippen molar-refractivity contribution in [2.24, 2.45) is 0 Å². The molecule has 1 nitrogen and oxygen atoms in total. The molecule has 1 aromatic carbocycles. The van der Waals surface area contributed by atoms with Crippen molar-refractivity contribution in [1.82, 2.24) is 5.32 Å². The third-order valence-corrected chi connectivity index (χ3v) is 5.06. The zero-order valence-corrected chi connectivity index (χ0v) is 12.5. The van der Waals surface area contributed by atoms with Crippen molar-refractivity contribution >= 4 is 27.7 Å². The number of nitrogens with one attached hydrogen (secondary N) is 1. The summed E-state index contributed by atoms with van der Waals surface area (Å²) in [5.41, 5.74) is 2.36. The number of benzene rings is 1. The SMILES string of the molecule is CCCNC1c2cc(F)cc(Br)c2CSC1C. The van der Waals surface area contributed by atoms with Crippen molar-refractivity contribution in [2.75, 3.05) is 6.54 Å². The number of hydrogen-bond acceptors (Lipinski definition) is 2. The molecule has 0 saturated heterocycles. The van der Waals surface area contributed by atoms with Crippen LogP contribution in [-0.2, 0) is 5.75 Å². The number of halogens is 2. The zero-order chi connectivity index (χ0) is 12.4. The highest BCUT2D eigenvalue weighted by molar-refractivity contribution is 9.10. The number of thioether (sulfide) groups is 1. The maximum atomic E-state index is 13.5. The van der Waals surface area contributed by atoms with E-state index in [9.17, 15) is 4.39 Å². The molecule has 1 N–H and O–H groups in total. The standard InChI is InChI=1S/C13H17BrFNS/c1-3-4-16-13-8(2)17-7-11-10(13)5-9(15)6-12(11)14/h5-6,8,13,16H,3-4,7H2,1-2H3. The van der Waals surface area contributed by atoms with Crippen molar-refractivity contribution in [1.29, 1.82) is 0 Å². The molecule has 1 heterocycles. The van der Waals surface area contributed by atoms with Gasteiger partial charge in [-0.1, -0.05) is 29.8 Å². The van der Waals surface area contributed by atoms with E-state index in [1.807, 2.05) is 11.8 Å². The molecule has 0 spiro atoms. The Hall–Kier alpha value is -0.0600. The minimum atomic E-state index is -0.155. The van der Waals surface area contributed by atoms with Gasteiger partial charge in [-0.2, -0.15) is 11.8 Å². The topological polar surface area (TPSA) is 12.0 Å². The van der Waals surface area contributed by atoms with E-state index in [4.69, 9.17) is 0 Å². The van der Waals surface area contributed by atoms with E-state index in [1.54, 1.807) is 12.1 Å². The molecular formula is C13H17BrFNS. The van der Waals surface area contributed by atoms with Gasteiger partial charge < -0.3 is 5.32 Å². The summed E-state index contributed by atoms with van der Waals surface area (Å²) in [5.74, 6) is 0.805. The lowest BCUT2D eigenvalue weighted by Crippen LogP contribution is -2.32. The van der Waals surface area contributed by atoms with Crippen LogP contribution in [0.25, 0.3) is 0 Å². The van der Waals surface area contributed by atoms with Crippen molar-refractivity contribution in [3.63, 3.8) is 0 Å². The van der Waals surface area contributed by atoms with Gasteiger partial charge in [0, 0.05) is 21.5 Å². The van der Waals surface area contributed by atoms with E-state index in [0.29, 0.717) is 5.25 Å². The van der Waals surface area contributed by atoms with E-state index in [0.717, 1.165) is 28.8 Å². The molecule has 0 fully saturated rings. The van der Waals surface area contributed by atoms with Crippen LogP contribution in [-0.4, -0.2) is 11.8 Å². The van der Waals surface area contributed by atoms with Gasteiger partial charge in [0.1, 0.15) is 5.82 Å². The molecule has 17 heavy (non-hydrogen) atoms. The van der Waals surface area contributed by atoms with Crippen LogP contribution in [0.5, 0.6) is 0 Å². The van der Waals surface area contributed by atoms with Crippen LogP contribution < -0.4 is 5.32 Å². The lowest BCUT2D eigenvalue weighted by molar-refractivity contribution is 0.515. The van der Waals surface area contributed by atoms with Gasteiger partial charge in [-0.3, -0.25) is 0 Å². The molecule has 0 saturated carbocycles. The molecule has 4 heteroatoms. The molecule has 2 unspecified atom stereocenters. The van der Waals surface area contributed by atoms with Gasteiger partial charge in [-0.05, 0) is 36.2 Å². The minimum absolute atomic E-state index is 0.155. The molecular weight excluding hydrogens is 301 g/mol. The summed E-state index contributed by atoms with van der Waals surface area (Å²) in [6.45, 7) is 5.33. The molecule has 0 bridgehead atoms. The van der Waals surface area contributed by atoms with Crippen LogP contribution >= 0.6 is 27.7 Å². The first-order valence-electron chi connectivity index (χ1n) is 5.96. The fraction of sp³-hybridized carbons (Fsp3) is 0.538. The molecule has 1 aliphatic heterocycles. The van der Waals surface area contributed by atoms with Gasteiger partial charge in [0.15, 0.2) is 0 Å². The van der Waals surface area contributed by atoms with Crippen LogP contribution in [0.1, 0.15) is 37.4 Å². The van der Waals surface area contributed by atoms with Crippen LogP contribution in [0.3, 0.4) is 0 Å². The molecule has 0 aliphatic carbocycles. The van der Waals surface area contributed by atoms with Crippen molar-refractivity contribution in [2.45, 2.75) is 37.3 Å². The van der Waals surface area contributed by atoms with Gasteiger partial charge in [0.25, 0.3) is 0 Å². The maximum Gasteiger partial charge on any atom is 0.124 e. The van der Waals surface area contributed by atoms with E-state index in [1.165, 1.54) is 5.56 Å². The Morgan fingerprint density at radius 1 is 1.53 bits per heavy atom. The summed E-state index contributed by atoms with van der Waals surface area (Å²) in [7, 11) is 0. The summed E-state index contributed by atoms with van der Waals surface area (Å²) < 4.78 is 14.4. The lowest BCUT2D eigenvalue weighted by atomic mass is 9.98. The average Bonchev–Trinajstić information content (AvgIpc) is 2.27. The highest BCUT2D eigenvalue weighted by Gasteiger charge is 2.28. The Balaban J connectivity index is 2.36. The van der Waals surface area contributed by atoms with Gasteiger partial charge in [-0.15, -0.1) is 0 Å². The summed E-state index contributed by atoms with van der Waals surface area (Å²) >= 11 is 5.39. The molecule has 2 rings (SSSR count). The summed E-state index contributed by atoms with van der Waals surface area (Å²) in [4.78, 5) is 0. The monoisotopic (exact) mass is 317 g/mol. The quantitative estimate of drug-likeness (QED) is 0.893. The Bertz CT molecular complexity index is 411. The van der Waals surface area contributed by atoms with Crippen LogP contribution in [0.15, 0.2) is 16.6 Å². The summed E-state index contributed by atoms with van der Waals surface area (Å²) in [6, 6.07) is 3.51. The van der Waals surface area contributed by atoms with Crippen molar-refractivity contribution in [3.8, 4) is 0 Å². The highest BCUT2D eigenvalue weighted by atomic mass is 79.9. The Morgan fingerprint density at radius 3 is 3.00 bits per heavy atom. The van der Waals surface area contributed by atoms with E-state index in [-0.39, 0.29) is 11.9 Å². The van der Waals surface area contributed by atoms with Crippen LogP contribution in [0.4, 0.5) is 4.39 Å². The van der Waals surface area contributed by atoms with Crippen LogP contribution in [0, 0.1) is 5.82 Å². The predicted molar refractivity (Wildman–Crippen MR) is 75.9 cm³/mol. The largest absolute Gasteiger partial charge is 0.309 e. The molecule has 94 valence electrons. The first kappa shape index (κ1) is 13.4. The van der Waals surface area contributed by atoms with Gasteiger partial charge >= 0.3 is 0 Å². The second-order valence-corrected chi connectivity index (χ2v) is 6.62. The second kappa shape index (κ2) is 5.72. The highest BCUT2D eigenvalue weighted by Crippen LogP contribution is 2.40. The van der Waals surface area contributed by atoms with Crippen molar-refractivity contribution in [3.05, 3.63) is 33.5 Å². The number of rotatable bonds is 3. The smallest absolute Gasteiger partial charge is 0.124 e. The van der Waals surface area contributed by atoms with Crippen molar-refractivity contribution < 1.29 is 4.39 Å². The van der Waals surface area contributed by atoms with E-state index >= 15 is 0 Å². The Morgan fingerprint density at radius 2 is 2.29 bits per heavy atom. The Labute approximate surface area is 115 Å². The van der Waals surface area contributed by atoms with E-state index < -0.39 is 0 Å². The molecule has 0 radical (unpaired) electrons.